The van der Waals surface area contributed by atoms with Gasteiger partial charge in [-0.05, 0) is 25.7 Å². The fourth-order valence-electron chi connectivity index (χ4n) is 2.87. The molecular weight excluding hydrogens is 288 g/mol. The van der Waals surface area contributed by atoms with Gasteiger partial charge in [0, 0.05) is 26.2 Å². The van der Waals surface area contributed by atoms with Gasteiger partial charge in [-0.2, -0.15) is 9.97 Å². The lowest BCUT2D eigenvalue weighted by Crippen LogP contribution is -2.24. The van der Waals surface area contributed by atoms with Crippen LogP contribution in [0, 0.1) is 10.1 Å². The third-order valence-corrected chi connectivity index (χ3v) is 3.99. The van der Waals surface area contributed by atoms with Gasteiger partial charge in [-0.15, -0.1) is 0 Å². The second-order valence-corrected chi connectivity index (χ2v) is 5.57. The van der Waals surface area contributed by atoms with E-state index in [0.29, 0.717) is 18.3 Å². The number of nitrogen functional groups attached to an aromatic ring is 1. The third-order valence-electron chi connectivity index (χ3n) is 3.99. The Morgan fingerprint density at radius 2 is 2.14 bits per heavy atom. The van der Waals surface area contributed by atoms with Gasteiger partial charge in [0.1, 0.15) is 0 Å². The van der Waals surface area contributed by atoms with E-state index in [-0.39, 0.29) is 17.6 Å². The molecule has 0 aromatic carbocycles. The molecular formula is C13H20N6O3. The number of nitro groups is 1. The maximum absolute atomic E-state index is 11.3. The summed E-state index contributed by atoms with van der Waals surface area (Å²) in [4.78, 5) is 21.0. The highest BCUT2D eigenvalue weighted by Gasteiger charge is 2.29. The number of nitrogens with two attached hydrogens (primary N) is 1. The van der Waals surface area contributed by atoms with E-state index in [2.05, 4.69) is 15.3 Å². The van der Waals surface area contributed by atoms with E-state index in [4.69, 9.17) is 10.5 Å². The summed E-state index contributed by atoms with van der Waals surface area (Å²) in [6, 6.07) is 0. The summed E-state index contributed by atoms with van der Waals surface area (Å²) in [5.74, 6) is 0.530. The molecule has 2 aliphatic heterocycles. The molecule has 2 saturated heterocycles. The highest BCUT2D eigenvalue weighted by molar-refractivity contribution is 5.71. The molecule has 3 N–H and O–H groups in total. The lowest BCUT2D eigenvalue weighted by molar-refractivity contribution is -0.383. The molecule has 0 bridgehead atoms. The van der Waals surface area contributed by atoms with Gasteiger partial charge in [-0.3, -0.25) is 10.1 Å². The Hall–Kier alpha value is -2.16. The van der Waals surface area contributed by atoms with Crippen LogP contribution in [0.2, 0.25) is 0 Å². The number of nitrogens with one attached hydrogen (secondary N) is 1. The highest BCUT2D eigenvalue weighted by Crippen LogP contribution is 2.33. The first kappa shape index (κ1) is 14.8. The standard InChI is InChI=1S/C13H20N6O3/c14-11-10(19(20)21)12(18-5-1-2-6-18)17-13(16-11)15-8-9-4-3-7-22-9/h9H,1-8H2,(H3,14,15,16,17). The van der Waals surface area contributed by atoms with E-state index >= 15 is 0 Å². The molecule has 1 atom stereocenters. The molecule has 1 aromatic rings. The molecule has 9 nitrogen and oxygen atoms in total. The summed E-state index contributed by atoms with van der Waals surface area (Å²) in [5.41, 5.74) is 5.58. The van der Waals surface area contributed by atoms with E-state index < -0.39 is 4.92 Å². The molecule has 3 heterocycles. The molecule has 0 saturated carbocycles. The topological polar surface area (TPSA) is 119 Å². The van der Waals surface area contributed by atoms with Crippen LogP contribution in [0.3, 0.4) is 0 Å². The predicted octanol–water partition coefficient (Wildman–Crippen LogP) is 1.16. The van der Waals surface area contributed by atoms with Crippen molar-refractivity contribution in [3.05, 3.63) is 10.1 Å². The highest BCUT2D eigenvalue weighted by atomic mass is 16.6. The minimum Gasteiger partial charge on any atom is -0.378 e. The van der Waals surface area contributed by atoms with Gasteiger partial charge in [0.05, 0.1) is 11.0 Å². The van der Waals surface area contributed by atoms with Crippen molar-refractivity contribution in [1.82, 2.24) is 9.97 Å². The lowest BCUT2D eigenvalue weighted by atomic mass is 10.2. The van der Waals surface area contributed by atoms with Crippen LogP contribution in [-0.4, -0.2) is 47.2 Å². The molecule has 2 fully saturated rings. The molecule has 0 radical (unpaired) electrons. The monoisotopic (exact) mass is 308 g/mol. The summed E-state index contributed by atoms with van der Waals surface area (Å²) in [7, 11) is 0. The first-order valence-electron chi connectivity index (χ1n) is 7.57. The SMILES string of the molecule is Nc1nc(NCC2CCCO2)nc(N2CCCC2)c1[N+](=O)[O-]. The van der Waals surface area contributed by atoms with Crippen molar-refractivity contribution in [3.63, 3.8) is 0 Å². The molecule has 0 spiro atoms. The zero-order chi connectivity index (χ0) is 15.5. The quantitative estimate of drug-likeness (QED) is 0.614. The van der Waals surface area contributed by atoms with Crippen molar-refractivity contribution >= 4 is 23.3 Å². The number of rotatable bonds is 5. The molecule has 120 valence electrons. The van der Waals surface area contributed by atoms with E-state index in [1.807, 2.05) is 4.90 Å². The molecule has 1 unspecified atom stereocenters. The van der Waals surface area contributed by atoms with Crippen LogP contribution in [0.5, 0.6) is 0 Å². The number of aromatic nitrogens is 2. The van der Waals surface area contributed by atoms with Crippen molar-refractivity contribution in [2.24, 2.45) is 0 Å². The van der Waals surface area contributed by atoms with Crippen LogP contribution in [0.15, 0.2) is 0 Å². The van der Waals surface area contributed by atoms with Gasteiger partial charge in [0.2, 0.25) is 17.6 Å². The zero-order valence-corrected chi connectivity index (χ0v) is 12.3. The van der Waals surface area contributed by atoms with E-state index in [1.54, 1.807) is 0 Å². The summed E-state index contributed by atoms with van der Waals surface area (Å²) in [5, 5.41) is 14.3. The number of ether oxygens (including phenoxy) is 1. The van der Waals surface area contributed by atoms with Crippen molar-refractivity contribution in [3.8, 4) is 0 Å². The predicted molar refractivity (Wildman–Crippen MR) is 82.0 cm³/mol. The van der Waals surface area contributed by atoms with Gasteiger partial charge in [0.25, 0.3) is 0 Å². The summed E-state index contributed by atoms with van der Waals surface area (Å²) in [6.45, 7) is 2.86. The molecule has 0 aliphatic carbocycles. The van der Waals surface area contributed by atoms with Crippen molar-refractivity contribution in [2.75, 3.05) is 42.2 Å². The number of hydrogen-bond acceptors (Lipinski definition) is 8. The van der Waals surface area contributed by atoms with E-state index in [9.17, 15) is 10.1 Å². The minimum atomic E-state index is -0.507. The summed E-state index contributed by atoms with van der Waals surface area (Å²) >= 11 is 0. The summed E-state index contributed by atoms with van der Waals surface area (Å²) < 4.78 is 5.53. The average molecular weight is 308 g/mol. The van der Waals surface area contributed by atoms with Crippen LogP contribution in [0.25, 0.3) is 0 Å². The number of nitrogens with zero attached hydrogens (tertiary/aromatic N) is 4. The normalized spacial score (nSPS) is 21.3. The Labute approximate surface area is 128 Å². The van der Waals surface area contributed by atoms with Gasteiger partial charge in [-0.1, -0.05) is 0 Å². The number of hydrogen-bond donors (Lipinski definition) is 2. The maximum atomic E-state index is 11.3. The lowest BCUT2D eigenvalue weighted by Gasteiger charge is -2.18. The Morgan fingerprint density at radius 1 is 1.36 bits per heavy atom. The van der Waals surface area contributed by atoms with Crippen molar-refractivity contribution in [1.29, 1.82) is 0 Å². The minimum absolute atomic E-state index is 0.100. The molecule has 0 amide bonds. The van der Waals surface area contributed by atoms with Crippen LogP contribution < -0.4 is 16.0 Å². The largest absolute Gasteiger partial charge is 0.378 e. The molecule has 3 rings (SSSR count). The van der Waals surface area contributed by atoms with Crippen molar-refractivity contribution in [2.45, 2.75) is 31.8 Å². The van der Waals surface area contributed by atoms with Crippen molar-refractivity contribution < 1.29 is 9.66 Å². The molecule has 22 heavy (non-hydrogen) atoms. The first-order valence-corrected chi connectivity index (χ1v) is 7.57. The van der Waals surface area contributed by atoms with Crippen LogP contribution in [0.4, 0.5) is 23.3 Å². The third kappa shape index (κ3) is 3.03. The number of anilines is 3. The summed E-state index contributed by atoms with van der Waals surface area (Å²) in [6.07, 6.45) is 4.18. The van der Waals surface area contributed by atoms with E-state index in [1.165, 1.54) is 0 Å². The second kappa shape index (κ2) is 6.30. The Bertz CT molecular complexity index is 555. The van der Waals surface area contributed by atoms with Crippen LogP contribution in [0.1, 0.15) is 25.7 Å². The Kier molecular flexibility index (Phi) is 4.23. The zero-order valence-electron chi connectivity index (χ0n) is 12.3. The average Bonchev–Trinajstić information content (AvgIpc) is 3.17. The van der Waals surface area contributed by atoms with E-state index in [0.717, 1.165) is 45.4 Å². The smallest absolute Gasteiger partial charge is 0.353 e. The molecule has 2 aliphatic rings. The molecule has 1 aromatic heterocycles. The van der Waals surface area contributed by atoms with Gasteiger partial charge in [-0.25, -0.2) is 0 Å². The van der Waals surface area contributed by atoms with Crippen LogP contribution in [-0.2, 0) is 4.74 Å². The fourth-order valence-corrected chi connectivity index (χ4v) is 2.87. The first-order chi connectivity index (χ1) is 10.6. The van der Waals surface area contributed by atoms with Gasteiger partial charge in [0.15, 0.2) is 0 Å². The second-order valence-electron chi connectivity index (χ2n) is 5.57. The maximum Gasteiger partial charge on any atom is 0.353 e. The Morgan fingerprint density at radius 3 is 2.77 bits per heavy atom. The van der Waals surface area contributed by atoms with Crippen LogP contribution >= 0.6 is 0 Å². The van der Waals surface area contributed by atoms with Gasteiger partial charge < -0.3 is 20.7 Å². The van der Waals surface area contributed by atoms with Gasteiger partial charge >= 0.3 is 5.69 Å². The fraction of sp³-hybridized carbons (Fsp3) is 0.692. The Balaban J connectivity index is 1.82. The molecule has 9 heteroatoms.